The van der Waals surface area contributed by atoms with Gasteiger partial charge in [-0.25, -0.2) is 12.8 Å². The van der Waals surface area contributed by atoms with Crippen LogP contribution in [0.1, 0.15) is 12.0 Å². The van der Waals surface area contributed by atoms with E-state index >= 15 is 0 Å². The first-order chi connectivity index (χ1) is 13.9. The van der Waals surface area contributed by atoms with Crippen molar-refractivity contribution >= 4 is 26.4 Å². The van der Waals surface area contributed by atoms with E-state index in [1.807, 2.05) is 18.3 Å². The average Bonchev–Trinajstić information content (AvgIpc) is 3.10. The summed E-state index contributed by atoms with van der Waals surface area (Å²) < 4.78 is 37.7. The summed E-state index contributed by atoms with van der Waals surface area (Å²) in [5, 5.41) is 0.965. The van der Waals surface area contributed by atoms with Gasteiger partial charge >= 0.3 is 0 Å². The molecular weight excluding hydrogens is 389 g/mol. The zero-order valence-electron chi connectivity index (χ0n) is 16.6. The molecule has 0 bridgehead atoms. The van der Waals surface area contributed by atoms with E-state index in [9.17, 15) is 12.8 Å². The minimum Gasteiger partial charge on any atom is -0.368 e. The Morgan fingerprint density at radius 2 is 1.83 bits per heavy atom. The second kappa shape index (κ2) is 8.16. The molecule has 0 spiro atoms. The van der Waals surface area contributed by atoms with Gasteiger partial charge in [0.2, 0.25) is 0 Å². The van der Waals surface area contributed by atoms with Crippen molar-refractivity contribution in [2.45, 2.75) is 17.7 Å². The second-order valence-electron chi connectivity index (χ2n) is 7.68. The fraction of sp³-hybridized carbons (Fsp3) is 0.364. The third-order valence-electron chi connectivity index (χ3n) is 5.63. The Bertz CT molecular complexity index is 1100. The molecule has 154 valence electrons. The summed E-state index contributed by atoms with van der Waals surface area (Å²) in [5.74, 6) is -0.205. The van der Waals surface area contributed by atoms with E-state index in [0.29, 0.717) is 4.90 Å². The third-order valence-corrected chi connectivity index (χ3v) is 6.77. The van der Waals surface area contributed by atoms with Crippen molar-refractivity contribution < 1.29 is 12.8 Å². The lowest BCUT2D eigenvalue weighted by Gasteiger charge is -2.36. The van der Waals surface area contributed by atoms with Gasteiger partial charge in [0.15, 0.2) is 9.84 Å². The van der Waals surface area contributed by atoms with Gasteiger partial charge in [-0.2, -0.15) is 0 Å². The van der Waals surface area contributed by atoms with Crippen LogP contribution in [0.4, 0.5) is 10.1 Å². The fourth-order valence-corrected chi connectivity index (χ4v) is 5.00. The monoisotopic (exact) mass is 415 g/mol. The first-order valence-electron chi connectivity index (χ1n) is 9.94. The van der Waals surface area contributed by atoms with Crippen LogP contribution in [0.25, 0.3) is 10.9 Å². The number of aryl methyl sites for hydroxylation is 1. The number of hydrogen-bond donors (Lipinski definition) is 1. The van der Waals surface area contributed by atoms with Crippen molar-refractivity contribution in [2.75, 3.05) is 43.9 Å². The molecular formula is C22H26FN3O2S. The van der Waals surface area contributed by atoms with Gasteiger partial charge in [-0.15, -0.1) is 0 Å². The molecule has 5 nitrogen and oxygen atoms in total. The molecule has 1 N–H and O–H groups in total. The quantitative estimate of drug-likeness (QED) is 0.670. The van der Waals surface area contributed by atoms with Crippen molar-refractivity contribution in [3.63, 3.8) is 0 Å². The molecule has 0 saturated carbocycles. The van der Waals surface area contributed by atoms with Crippen molar-refractivity contribution in [3.05, 3.63) is 60.0 Å². The number of fused-ring (bicyclic) bond motifs is 1. The number of H-pyrrole nitrogens is 1. The maximum Gasteiger partial charge on any atom is 0.177 e. The summed E-state index contributed by atoms with van der Waals surface area (Å²) in [7, 11) is -3.24. The van der Waals surface area contributed by atoms with Gasteiger partial charge in [0.25, 0.3) is 0 Å². The Balaban J connectivity index is 1.32. The minimum atomic E-state index is -3.24. The highest BCUT2D eigenvalue weighted by atomic mass is 32.2. The zero-order chi connectivity index (χ0) is 20.4. The molecule has 1 aromatic heterocycles. The second-order valence-corrected chi connectivity index (χ2v) is 9.66. The van der Waals surface area contributed by atoms with Gasteiger partial charge in [-0.1, -0.05) is 12.1 Å². The third kappa shape index (κ3) is 4.46. The van der Waals surface area contributed by atoms with Gasteiger partial charge in [-0.05, 0) is 55.3 Å². The summed E-state index contributed by atoms with van der Waals surface area (Å²) in [6.45, 7) is 4.40. The lowest BCUT2D eigenvalue weighted by Crippen LogP contribution is -2.47. The number of piperazine rings is 1. The van der Waals surface area contributed by atoms with Gasteiger partial charge in [0.1, 0.15) is 5.82 Å². The van der Waals surface area contributed by atoms with E-state index in [2.05, 4.69) is 14.8 Å². The van der Waals surface area contributed by atoms with Crippen LogP contribution in [0.2, 0.25) is 0 Å². The van der Waals surface area contributed by atoms with Crippen molar-refractivity contribution in [3.8, 4) is 0 Å². The predicted molar refractivity (Wildman–Crippen MR) is 115 cm³/mol. The number of halogens is 1. The number of nitrogens with zero attached hydrogens (tertiary/aromatic N) is 2. The molecule has 2 heterocycles. The average molecular weight is 416 g/mol. The molecule has 7 heteroatoms. The van der Waals surface area contributed by atoms with Crippen LogP contribution in [0.15, 0.2) is 53.6 Å². The van der Waals surface area contributed by atoms with Gasteiger partial charge in [-0.3, -0.25) is 4.90 Å². The molecule has 0 unspecified atom stereocenters. The highest BCUT2D eigenvalue weighted by Gasteiger charge is 2.22. The maximum atomic E-state index is 13.5. The Kier molecular flexibility index (Phi) is 5.61. The number of nitrogens with one attached hydrogen (secondary N) is 1. The molecule has 1 aliphatic heterocycles. The van der Waals surface area contributed by atoms with E-state index in [1.165, 1.54) is 12.3 Å². The van der Waals surface area contributed by atoms with Crippen LogP contribution in [0, 0.1) is 5.82 Å². The number of aromatic nitrogens is 1. The Labute approximate surface area is 171 Å². The summed E-state index contributed by atoms with van der Waals surface area (Å²) in [6.07, 6.45) is 5.15. The van der Waals surface area contributed by atoms with Crippen LogP contribution < -0.4 is 4.90 Å². The van der Waals surface area contributed by atoms with Gasteiger partial charge in [0, 0.05) is 49.5 Å². The van der Waals surface area contributed by atoms with Crippen molar-refractivity contribution in [2.24, 2.45) is 0 Å². The van der Waals surface area contributed by atoms with E-state index in [0.717, 1.165) is 67.7 Å². The molecule has 3 aromatic rings. The zero-order valence-corrected chi connectivity index (χ0v) is 17.4. The predicted octanol–water partition coefficient (Wildman–Crippen LogP) is 3.47. The van der Waals surface area contributed by atoms with E-state index < -0.39 is 9.84 Å². The summed E-state index contributed by atoms with van der Waals surface area (Å²) >= 11 is 0. The highest BCUT2D eigenvalue weighted by molar-refractivity contribution is 7.90. The smallest absolute Gasteiger partial charge is 0.177 e. The Morgan fingerprint density at radius 1 is 1.07 bits per heavy atom. The van der Waals surface area contributed by atoms with E-state index in [-0.39, 0.29) is 5.82 Å². The molecule has 1 fully saturated rings. The fourth-order valence-electron chi connectivity index (χ4n) is 4.09. The van der Waals surface area contributed by atoms with E-state index in [4.69, 9.17) is 0 Å². The van der Waals surface area contributed by atoms with Crippen LogP contribution in [0.3, 0.4) is 0 Å². The maximum absolute atomic E-state index is 13.5. The molecule has 0 atom stereocenters. The first-order valence-corrected chi connectivity index (χ1v) is 11.8. The molecule has 0 radical (unpaired) electrons. The Hall–Kier alpha value is -2.38. The van der Waals surface area contributed by atoms with Gasteiger partial charge < -0.3 is 9.88 Å². The number of para-hydroxylation sites is 1. The molecule has 4 rings (SSSR count). The van der Waals surface area contributed by atoms with Crippen LogP contribution in [-0.2, 0) is 16.3 Å². The molecule has 0 amide bonds. The summed E-state index contributed by atoms with van der Waals surface area (Å²) in [6, 6.07) is 12.1. The summed E-state index contributed by atoms with van der Waals surface area (Å²) in [4.78, 5) is 8.19. The Morgan fingerprint density at radius 3 is 2.59 bits per heavy atom. The van der Waals surface area contributed by atoms with Gasteiger partial charge in [0.05, 0.1) is 10.6 Å². The van der Waals surface area contributed by atoms with E-state index in [1.54, 1.807) is 24.3 Å². The number of anilines is 1. The van der Waals surface area contributed by atoms with Crippen LogP contribution >= 0.6 is 0 Å². The van der Waals surface area contributed by atoms with Crippen LogP contribution in [-0.4, -0.2) is 57.3 Å². The number of rotatable bonds is 6. The standard InChI is InChI=1S/C22H26FN3O2S/c1-29(27,28)22-7-3-2-6-21(22)26-13-11-25(12-14-26)10-4-5-17-16-24-20-9-8-18(23)15-19(17)20/h2-3,6-9,15-16,24H,4-5,10-14H2,1H3. The molecule has 1 aliphatic rings. The van der Waals surface area contributed by atoms with Crippen LogP contribution in [0.5, 0.6) is 0 Å². The number of benzene rings is 2. The SMILES string of the molecule is CS(=O)(=O)c1ccccc1N1CCN(CCCc2c[nH]c3ccc(F)cc23)CC1. The minimum absolute atomic E-state index is 0.205. The normalized spacial score (nSPS) is 15.9. The lowest BCUT2D eigenvalue weighted by molar-refractivity contribution is 0.255. The number of aromatic amines is 1. The highest BCUT2D eigenvalue weighted by Crippen LogP contribution is 2.26. The number of hydrogen-bond acceptors (Lipinski definition) is 4. The summed E-state index contributed by atoms with van der Waals surface area (Å²) in [5.41, 5.74) is 2.93. The topological polar surface area (TPSA) is 56.4 Å². The van der Waals surface area contributed by atoms with Crippen molar-refractivity contribution in [1.82, 2.24) is 9.88 Å². The first kappa shape index (κ1) is 19.9. The number of sulfone groups is 1. The molecule has 0 aliphatic carbocycles. The molecule has 1 saturated heterocycles. The largest absolute Gasteiger partial charge is 0.368 e. The molecule has 29 heavy (non-hydrogen) atoms. The van der Waals surface area contributed by atoms with Crippen molar-refractivity contribution in [1.29, 1.82) is 0 Å². The molecule has 2 aromatic carbocycles. The lowest BCUT2D eigenvalue weighted by atomic mass is 10.1.